The predicted octanol–water partition coefficient (Wildman–Crippen LogP) is 2.61. The fourth-order valence-electron chi connectivity index (χ4n) is 3.43. The van der Waals surface area contributed by atoms with Gasteiger partial charge in [0.1, 0.15) is 0 Å². The average molecular weight is 314 g/mol. The van der Waals surface area contributed by atoms with Crippen molar-refractivity contribution >= 4 is 5.96 Å². The molecule has 2 aliphatic rings. The summed E-state index contributed by atoms with van der Waals surface area (Å²) < 4.78 is 0. The highest BCUT2D eigenvalue weighted by Gasteiger charge is 2.29. The van der Waals surface area contributed by atoms with E-state index >= 15 is 0 Å². The Bertz CT molecular complexity index is 509. The van der Waals surface area contributed by atoms with Gasteiger partial charge in [0, 0.05) is 38.8 Å². The van der Waals surface area contributed by atoms with Crippen LogP contribution < -0.4 is 10.6 Å². The zero-order valence-electron chi connectivity index (χ0n) is 14.5. The second-order valence-electron chi connectivity index (χ2n) is 7.07. The Kier molecular flexibility index (Phi) is 5.55. The maximum absolute atomic E-state index is 4.38. The molecule has 1 aliphatic heterocycles. The lowest BCUT2D eigenvalue weighted by molar-refractivity contribution is 0.258. The van der Waals surface area contributed by atoms with Gasteiger partial charge < -0.3 is 10.6 Å². The third kappa shape index (κ3) is 4.96. The first-order valence-corrected chi connectivity index (χ1v) is 8.99. The molecular formula is C19H30N4. The first kappa shape index (κ1) is 16.3. The molecular weight excluding hydrogens is 284 g/mol. The van der Waals surface area contributed by atoms with Gasteiger partial charge >= 0.3 is 0 Å². The van der Waals surface area contributed by atoms with Crippen molar-refractivity contribution < 1.29 is 0 Å². The second kappa shape index (κ2) is 7.82. The van der Waals surface area contributed by atoms with Gasteiger partial charge in [-0.1, -0.05) is 43.2 Å². The van der Waals surface area contributed by atoms with Crippen molar-refractivity contribution in [3.63, 3.8) is 0 Å². The number of guanidine groups is 1. The molecule has 1 saturated carbocycles. The Hall–Kier alpha value is -1.55. The number of hydrogen-bond acceptors (Lipinski definition) is 2. The Labute approximate surface area is 140 Å². The van der Waals surface area contributed by atoms with Crippen molar-refractivity contribution in [2.45, 2.75) is 51.2 Å². The Balaban J connectivity index is 1.45. The zero-order chi connectivity index (χ0) is 16.1. The zero-order valence-corrected chi connectivity index (χ0v) is 14.5. The van der Waals surface area contributed by atoms with Crippen LogP contribution in [0.4, 0.5) is 0 Å². The van der Waals surface area contributed by atoms with Crippen molar-refractivity contribution in [2.24, 2.45) is 10.9 Å². The Morgan fingerprint density at radius 3 is 2.74 bits per heavy atom. The molecule has 126 valence electrons. The summed E-state index contributed by atoms with van der Waals surface area (Å²) in [5.41, 5.74) is 1.40. The van der Waals surface area contributed by atoms with E-state index in [4.69, 9.17) is 0 Å². The standard InChI is InChI=1S/C19H30N4/c1-15-12-18(14-23(15)13-17-6-4-3-5-7-17)22-19(20-2)21-11-10-16-8-9-16/h3-7,15-16,18H,8-14H2,1-2H3,(H2,20,21,22). The van der Waals surface area contributed by atoms with E-state index in [0.29, 0.717) is 12.1 Å². The van der Waals surface area contributed by atoms with Crippen LogP contribution in [0, 0.1) is 5.92 Å². The number of likely N-dealkylation sites (tertiary alicyclic amines) is 1. The van der Waals surface area contributed by atoms with Crippen LogP contribution in [0.15, 0.2) is 35.3 Å². The van der Waals surface area contributed by atoms with Crippen LogP contribution in [0.25, 0.3) is 0 Å². The van der Waals surface area contributed by atoms with Crippen LogP contribution >= 0.6 is 0 Å². The van der Waals surface area contributed by atoms with E-state index in [9.17, 15) is 0 Å². The normalized spacial score (nSPS) is 25.6. The first-order valence-electron chi connectivity index (χ1n) is 8.99. The van der Waals surface area contributed by atoms with E-state index in [1.165, 1.54) is 31.2 Å². The van der Waals surface area contributed by atoms with Gasteiger partial charge in [0.05, 0.1) is 0 Å². The quantitative estimate of drug-likeness (QED) is 0.626. The van der Waals surface area contributed by atoms with Gasteiger partial charge in [-0.25, -0.2) is 0 Å². The smallest absolute Gasteiger partial charge is 0.191 e. The lowest BCUT2D eigenvalue weighted by Gasteiger charge is -2.21. The molecule has 0 radical (unpaired) electrons. The van der Waals surface area contributed by atoms with Crippen molar-refractivity contribution in [3.05, 3.63) is 35.9 Å². The summed E-state index contributed by atoms with van der Waals surface area (Å²) in [5, 5.41) is 7.07. The molecule has 4 heteroatoms. The Morgan fingerprint density at radius 2 is 2.04 bits per heavy atom. The lowest BCUT2D eigenvalue weighted by Crippen LogP contribution is -2.44. The molecule has 1 aromatic rings. The molecule has 1 aromatic carbocycles. The van der Waals surface area contributed by atoms with E-state index in [1.54, 1.807) is 0 Å². The van der Waals surface area contributed by atoms with E-state index < -0.39 is 0 Å². The van der Waals surface area contributed by atoms with E-state index in [0.717, 1.165) is 31.5 Å². The molecule has 1 heterocycles. The van der Waals surface area contributed by atoms with Gasteiger partial charge in [-0.05, 0) is 31.2 Å². The average Bonchev–Trinajstić information content (AvgIpc) is 3.32. The van der Waals surface area contributed by atoms with Crippen LogP contribution in [0.1, 0.15) is 38.2 Å². The van der Waals surface area contributed by atoms with Crippen LogP contribution in [-0.2, 0) is 6.54 Å². The number of nitrogens with one attached hydrogen (secondary N) is 2. The van der Waals surface area contributed by atoms with Gasteiger partial charge in [0.25, 0.3) is 0 Å². The summed E-state index contributed by atoms with van der Waals surface area (Å²) in [6.07, 6.45) is 5.29. The molecule has 3 rings (SSSR count). The molecule has 0 spiro atoms. The van der Waals surface area contributed by atoms with Crippen molar-refractivity contribution in [2.75, 3.05) is 20.1 Å². The molecule has 0 aromatic heterocycles. The predicted molar refractivity (Wildman–Crippen MR) is 96.6 cm³/mol. The van der Waals surface area contributed by atoms with Crippen LogP contribution in [0.2, 0.25) is 0 Å². The topological polar surface area (TPSA) is 39.7 Å². The SMILES string of the molecule is CN=C(NCCC1CC1)NC1CC(C)N(Cc2ccccc2)C1. The minimum absolute atomic E-state index is 0.487. The Morgan fingerprint density at radius 1 is 1.26 bits per heavy atom. The van der Waals surface area contributed by atoms with Crippen molar-refractivity contribution in [3.8, 4) is 0 Å². The molecule has 1 saturated heterocycles. The fourth-order valence-corrected chi connectivity index (χ4v) is 3.43. The minimum Gasteiger partial charge on any atom is -0.356 e. The molecule has 0 amide bonds. The molecule has 4 nitrogen and oxygen atoms in total. The highest BCUT2D eigenvalue weighted by atomic mass is 15.3. The summed E-state index contributed by atoms with van der Waals surface area (Å²) in [6.45, 7) is 5.49. The summed E-state index contributed by atoms with van der Waals surface area (Å²) in [6, 6.07) is 11.9. The second-order valence-corrected chi connectivity index (χ2v) is 7.07. The van der Waals surface area contributed by atoms with Crippen LogP contribution in [0.5, 0.6) is 0 Å². The van der Waals surface area contributed by atoms with Crippen LogP contribution in [0.3, 0.4) is 0 Å². The molecule has 2 atom stereocenters. The van der Waals surface area contributed by atoms with Gasteiger partial charge in [-0.15, -0.1) is 0 Å². The first-order chi connectivity index (χ1) is 11.2. The van der Waals surface area contributed by atoms with Gasteiger partial charge in [-0.3, -0.25) is 9.89 Å². The number of rotatable bonds is 6. The third-order valence-electron chi connectivity index (χ3n) is 5.04. The van der Waals surface area contributed by atoms with E-state index in [1.807, 2.05) is 7.05 Å². The fraction of sp³-hybridized carbons (Fsp3) is 0.632. The highest BCUT2D eigenvalue weighted by Crippen LogP contribution is 2.31. The van der Waals surface area contributed by atoms with Gasteiger partial charge in [0.15, 0.2) is 5.96 Å². The summed E-state index contributed by atoms with van der Waals surface area (Å²) >= 11 is 0. The minimum atomic E-state index is 0.487. The lowest BCUT2D eigenvalue weighted by atomic mass is 10.2. The van der Waals surface area contributed by atoms with Crippen molar-refractivity contribution in [1.82, 2.24) is 15.5 Å². The molecule has 23 heavy (non-hydrogen) atoms. The monoisotopic (exact) mass is 314 g/mol. The molecule has 2 unspecified atom stereocenters. The van der Waals surface area contributed by atoms with Gasteiger partial charge in [-0.2, -0.15) is 0 Å². The maximum Gasteiger partial charge on any atom is 0.191 e. The number of nitrogens with zero attached hydrogens (tertiary/aromatic N) is 2. The number of benzene rings is 1. The molecule has 2 N–H and O–H groups in total. The van der Waals surface area contributed by atoms with Crippen molar-refractivity contribution in [1.29, 1.82) is 0 Å². The molecule has 0 bridgehead atoms. The number of aliphatic imine (C=N–C) groups is 1. The molecule has 2 fully saturated rings. The van der Waals surface area contributed by atoms with Crippen LogP contribution in [-0.4, -0.2) is 43.1 Å². The molecule has 1 aliphatic carbocycles. The number of hydrogen-bond donors (Lipinski definition) is 2. The largest absolute Gasteiger partial charge is 0.356 e. The highest BCUT2D eigenvalue weighted by molar-refractivity contribution is 5.80. The van der Waals surface area contributed by atoms with E-state index in [2.05, 4.69) is 57.8 Å². The van der Waals surface area contributed by atoms with E-state index in [-0.39, 0.29) is 0 Å². The third-order valence-corrected chi connectivity index (χ3v) is 5.04. The maximum atomic E-state index is 4.38. The summed E-state index contributed by atoms with van der Waals surface area (Å²) in [4.78, 5) is 6.94. The van der Waals surface area contributed by atoms with Gasteiger partial charge in [0.2, 0.25) is 0 Å². The summed E-state index contributed by atoms with van der Waals surface area (Å²) in [5.74, 6) is 1.93. The summed E-state index contributed by atoms with van der Waals surface area (Å²) in [7, 11) is 1.87.